The maximum Gasteiger partial charge on any atom is 0.142 e. The lowest BCUT2D eigenvalue weighted by atomic mass is 10.1. The lowest BCUT2D eigenvalue weighted by Gasteiger charge is -2.15. The van der Waals surface area contributed by atoms with Crippen molar-refractivity contribution in [3.05, 3.63) is 90.0 Å². The van der Waals surface area contributed by atoms with Gasteiger partial charge in [0.05, 0.1) is 18.9 Å². The van der Waals surface area contributed by atoms with E-state index in [4.69, 9.17) is 14.2 Å². The number of benzene rings is 3. The Balaban J connectivity index is 1.53. The average Bonchev–Trinajstić information content (AvgIpc) is 2.77. The molecule has 4 nitrogen and oxygen atoms in total. The van der Waals surface area contributed by atoms with Crippen LogP contribution in [0.3, 0.4) is 0 Å². The first-order chi connectivity index (χ1) is 14.4. The van der Waals surface area contributed by atoms with Gasteiger partial charge in [0.2, 0.25) is 0 Å². The smallest absolute Gasteiger partial charge is 0.142 e. The normalized spacial score (nSPS) is 10.5. The number of hydrogen-bond donors (Lipinski definition) is 1. The molecular formula is C25H29NO3. The minimum atomic E-state index is 0.536. The van der Waals surface area contributed by atoms with Crippen molar-refractivity contribution in [1.82, 2.24) is 0 Å². The largest absolute Gasteiger partial charge is 0.491 e. The summed E-state index contributed by atoms with van der Waals surface area (Å²) in [7, 11) is 1.67. The molecule has 0 bridgehead atoms. The van der Waals surface area contributed by atoms with Crippen LogP contribution in [-0.2, 0) is 17.7 Å². The Kier molecular flexibility index (Phi) is 8.42. The standard InChI is InChI=1S/C25H29NO3/c1-27-18-19-29-24-15-7-5-13-22(24)20-26-23-14-6-8-16-25(23)28-17-9-12-21-10-3-2-4-11-21/h2-8,10-11,13-16,26H,9,12,17-20H2,1H3. The second-order valence-corrected chi connectivity index (χ2v) is 6.74. The predicted octanol–water partition coefficient (Wildman–Crippen LogP) is 5.34. The van der Waals surface area contributed by atoms with Crippen molar-refractivity contribution in [3.63, 3.8) is 0 Å². The van der Waals surface area contributed by atoms with Gasteiger partial charge in [-0.05, 0) is 36.6 Å². The van der Waals surface area contributed by atoms with Gasteiger partial charge < -0.3 is 19.5 Å². The Morgan fingerprint density at radius 2 is 1.38 bits per heavy atom. The van der Waals surface area contributed by atoms with Gasteiger partial charge >= 0.3 is 0 Å². The van der Waals surface area contributed by atoms with Crippen LogP contribution in [0.1, 0.15) is 17.5 Å². The van der Waals surface area contributed by atoms with E-state index in [1.165, 1.54) is 5.56 Å². The number of ether oxygens (including phenoxy) is 3. The maximum atomic E-state index is 6.05. The lowest BCUT2D eigenvalue weighted by Crippen LogP contribution is -2.08. The summed E-state index contributed by atoms with van der Waals surface area (Å²) >= 11 is 0. The Hall–Kier alpha value is -2.98. The molecule has 0 spiro atoms. The monoisotopic (exact) mass is 391 g/mol. The van der Waals surface area contributed by atoms with Gasteiger partial charge in [0.1, 0.15) is 18.1 Å². The Bertz CT molecular complexity index is 851. The van der Waals surface area contributed by atoms with Crippen LogP contribution in [0.4, 0.5) is 5.69 Å². The molecule has 0 aromatic heterocycles. The van der Waals surface area contributed by atoms with Crippen LogP contribution in [0.25, 0.3) is 0 Å². The number of para-hydroxylation sites is 3. The third-order valence-corrected chi connectivity index (χ3v) is 4.58. The number of rotatable bonds is 12. The Morgan fingerprint density at radius 1 is 0.690 bits per heavy atom. The SMILES string of the molecule is COCCOc1ccccc1CNc1ccccc1OCCCc1ccccc1. The van der Waals surface area contributed by atoms with Gasteiger partial charge in [-0.3, -0.25) is 0 Å². The summed E-state index contributed by atoms with van der Waals surface area (Å²) < 4.78 is 16.9. The number of hydrogen-bond acceptors (Lipinski definition) is 4. The zero-order valence-corrected chi connectivity index (χ0v) is 17.0. The zero-order valence-electron chi connectivity index (χ0n) is 17.0. The summed E-state index contributed by atoms with van der Waals surface area (Å²) in [5, 5.41) is 3.48. The average molecular weight is 392 g/mol. The van der Waals surface area contributed by atoms with Crippen molar-refractivity contribution in [2.24, 2.45) is 0 Å². The van der Waals surface area contributed by atoms with E-state index in [1.54, 1.807) is 7.11 Å². The second-order valence-electron chi connectivity index (χ2n) is 6.74. The fraction of sp³-hybridized carbons (Fsp3) is 0.280. The van der Waals surface area contributed by atoms with Crippen molar-refractivity contribution < 1.29 is 14.2 Å². The van der Waals surface area contributed by atoms with Crippen LogP contribution in [0, 0.1) is 0 Å². The lowest BCUT2D eigenvalue weighted by molar-refractivity contribution is 0.146. The van der Waals surface area contributed by atoms with Gasteiger partial charge in [0.15, 0.2) is 0 Å². The molecule has 3 aromatic rings. The first-order valence-corrected chi connectivity index (χ1v) is 10.1. The number of nitrogens with one attached hydrogen (secondary N) is 1. The quantitative estimate of drug-likeness (QED) is 0.423. The van der Waals surface area contributed by atoms with E-state index in [2.05, 4.69) is 35.6 Å². The third kappa shape index (κ3) is 6.84. The van der Waals surface area contributed by atoms with Crippen LogP contribution in [0.15, 0.2) is 78.9 Å². The molecule has 3 aromatic carbocycles. The maximum absolute atomic E-state index is 6.05. The first-order valence-electron chi connectivity index (χ1n) is 10.1. The highest BCUT2D eigenvalue weighted by Gasteiger charge is 2.06. The van der Waals surface area contributed by atoms with Crippen LogP contribution in [0.5, 0.6) is 11.5 Å². The van der Waals surface area contributed by atoms with E-state index >= 15 is 0 Å². The van der Waals surface area contributed by atoms with Crippen LogP contribution >= 0.6 is 0 Å². The molecule has 0 fully saturated rings. The summed E-state index contributed by atoms with van der Waals surface area (Å²) in [4.78, 5) is 0. The van der Waals surface area contributed by atoms with Crippen LogP contribution < -0.4 is 14.8 Å². The summed E-state index contributed by atoms with van der Waals surface area (Å²) in [6, 6.07) is 26.6. The van der Waals surface area contributed by atoms with Crippen LogP contribution in [-0.4, -0.2) is 26.9 Å². The van der Waals surface area contributed by atoms with E-state index in [9.17, 15) is 0 Å². The molecule has 0 aliphatic carbocycles. The topological polar surface area (TPSA) is 39.7 Å². The van der Waals surface area contributed by atoms with E-state index in [0.29, 0.717) is 26.4 Å². The molecular weight excluding hydrogens is 362 g/mol. The van der Waals surface area contributed by atoms with Gasteiger partial charge in [0.25, 0.3) is 0 Å². The third-order valence-electron chi connectivity index (χ3n) is 4.58. The highest BCUT2D eigenvalue weighted by atomic mass is 16.5. The summed E-state index contributed by atoms with van der Waals surface area (Å²) in [6.07, 6.45) is 2.00. The molecule has 3 rings (SSSR count). The van der Waals surface area contributed by atoms with Gasteiger partial charge in [-0.1, -0.05) is 60.7 Å². The van der Waals surface area contributed by atoms with E-state index in [0.717, 1.165) is 35.6 Å². The molecule has 0 radical (unpaired) electrons. The van der Waals surface area contributed by atoms with Crippen molar-refractivity contribution in [3.8, 4) is 11.5 Å². The fourth-order valence-electron chi connectivity index (χ4n) is 3.06. The molecule has 4 heteroatoms. The number of methoxy groups -OCH3 is 1. The highest BCUT2D eigenvalue weighted by molar-refractivity contribution is 5.56. The van der Waals surface area contributed by atoms with Crippen molar-refractivity contribution in [2.45, 2.75) is 19.4 Å². The molecule has 0 saturated carbocycles. The first kappa shape index (κ1) is 20.7. The van der Waals surface area contributed by atoms with E-state index < -0.39 is 0 Å². The van der Waals surface area contributed by atoms with E-state index in [-0.39, 0.29) is 0 Å². The van der Waals surface area contributed by atoms with Crippen molar-refractivity contribution in [2.75, 3.05) is 32.2 Å². The molecule has 0 aliphatic rings. The molecule has 0 heterocycles. The zero-order chi connectivity index (χ0) is 20.2. The fourth-order valence-corrected chi connectivity index (χ4v) is 3.06. The van der Waals surface area contributed by atoms with Crippen LogP contribution in [0.2, 0.25) is 0 Å². The molecule has 29 heavy (non-hydrogen) atoms. The molecule has 0 aliphatic heterocycles. The van der Waals surface area contributed by atoms with Gasteiger partial charge in [0, 0.05) is 19.2 Å². The molecule has 152 valence electrons. The summed E-state index contributed by atoms with van der Waals surface area (Å²) in [5.74, 6) is 1.75. The Morgan fingerprint density at radius 3 is 2.21 bits per heavy atom. The minimum Gasteiger partial charge on any atom is -0.491 e. The molecule has 0 saturated heterocycles. The number of aryl methyl sites for hydroxylation is 1. The predicted molar refractivity (Wildman–Crippen MR) is 118 cm³/mol. The number of anilines is 1. The van der Waals surface area contributed by atoms with Gasteiger partial charge in [-0.2, -0.15) is 0 Å². The summed E-state index contributed by atoms with van der Waals surface area (Å²) in [5.41, 5.74) is 3.42. The molecule has 0 unspecified atom stereocenters. The van der Waals surface area contributed by atoms with E-state index in [1.807, 2.05) is 48.5 Å². The van der Waals surface area contributed by atoms with Gasteiger partial charge in [-0.15, -0.1) is 0 Å². The van der Waals surface area contributed by atoms with Crippen molar-refractivity contribution in [1.29, 1.82) is 0 Å². The molecule has 1 N–H and O–H groups in total. The second kappa shape index (κ2) is 11.8. The Labute approximate surface area is 173 Å². The molecule has 0 atom stereocenters. The highest BCUT2D eigenvalue weighted by Crippen LogP contribution is 2.26. The molecule has 0 amide bonds. The van der Waals surface area contributed by atoms with Crippen molar-refractivity contribution >= 4 is 5.69 Å². The van der Waals surface area contributed by atoms with Gasteiger partial charge in [-0.25, -0.2) is 0 Å². The minimum absolute atomic E-state index is 0.536. The summed E-state index contributed by atoms with van der Waals surface area (Å²) in [6.45, 7) is 2.45.